The van der Waals surface area contributed by atoms with Gasteiger partial charge in [0.15, 0.2) is 5.78 Å². The minimum Gasteiger partial charge on any atom is -0.506 e. The molecule has 16 heavy (non-hydrogen) atoms. The lowest BCUT2D eigenvalue weighted by molar-refractivity contribution is 0.101. The van der Waals surface area contributed by atoms with E-state index in [1.165, 1.54) is 6.92 Å². The fourth-order valence-corrected chi connectivity index (χ4v) is 1.61. The SMILES string of the molecule is CC(=O)c1c(O)c2cc(C)ccc2oc1=O. The second-order valence-corrected chi connectivity index (χ2v) is 3.67. The lowest BCUT2D eigenvalue weighted by Crippen LogP contribution is -2.11. The van der Waals surface area contributed by atoms with Gasteiger partial charge in [0, 0.05) is 0 Å². The van der Waals surface area contributed by atoms with Gasteiger partial charge in [0.25, 0.3) is 0 Å². The molecular weight excluding hydrogens is 208 g/mol. The highest BCUT2D eigenvalue weighted by Gasteiger charge is 2.17. The van der Waals surface area contributed by atoms with Crippen molar-refractivity contribution in [3.05, 3.63) is 39.7 Å². The van der Waals surface area contributed by atoms with Crippen LogP contribution in [0.4, 0.5) is 0 Å². The summed E-state index contributed by atoms with van der Waals surface area (Å²) in [6.07, 6.45) is 0. The van der Waals surface area contributed by atoms with E-state index in [0.717, 1.165) is 5.56 Å². The van der Waals surface area contributed by atoms with E-state index in [1.807, 2.05) is 6.92 Å². The molecule has 0 amide bonds. The van der Waals surface area contributed by atoms with Gasteiger partial charge >= 0.3 is 5.63 Å². The second kappa shape index (κ2) is 3.48. The molecule has 1 N–H and O–H groups in total. The van der Waals surface area contributed by atoms with E-state index in [1.54, 1.807) is 18.2 Å². The fraction of sp³-hybridized carbons (Fsp3) is 0.167. The van der Waals surface area contributed by atoms with Crippen LogP contribution in [0.2, 0.25) is 0 Å². The highest BCUT2D eigenvalue weighted by molar-refractivity contribution is 6.01. The first-order valence-electron chi connectivity index (χ1n) is 4.78. The van der Waals surface area contributed by atoms with Crippen LogP contribution in [-0.2, 0) is 0 Å². The molecule has 0 saturated heterocycles. The third kappa shape index (κ3) is 1.48. The molecule has 2 rings (SSSR count). The summed E-state index contributed by atoms with van der Waals surface area (Å²) in [5, 5.41) is 10.2. The maximum atomic E-state index is 11.4. The third-order valence-electron chi connectivity index (χ3n) is 2.39. The minimum atomic E-state index is -0.804. The van der Waals surface area contributed by atoms with Crippen molar-refractivity contribution >= 4 is 16.8 Å². The topological polar surface area (TPSA) is 67.5 Å². The summed E-state index contributed by atoms with van der Waals surface area (Å²) in [5.74, 6) is -0.808. The normalized spacial score (nSPS) is 10.6. The second-order valence-electron chi connectivity index (χ2n) is 3.67. The van der Waals surface area contributed by atoms with E-state index in [0.29, 0.717) is 5.39 Å². The van der Waals surface area contributed by atoms with Crippen molar-refractivity contribution in [3.8, 4) is 5.75 Å². The zero-order valence-electron chi connectivity index (χ0n) is 8.90. The van der Waals surface area contributed by atoms with Crippen LogP contribution in [0.15, 0.2) is 27.4 Å². The maximum Gasteiger partial charge on any atom is 0.351 e. The van der Waals surface area contributed by atoms with Gasteiger partial charge in [-0.15, -0.1) is 0 Å². The summed E-state index contributed by atoms with van der Waals surface area (Å²) in [5.41, 5.74) is 0.0868. The van der Waals surface area contributed by atoms with Crippen LogP contribution in [-0.4, -0.2) is 10.9 Å². The van der Waals surface area contributed by atoms with E-state index < -0.39 is 11.4 Å². The van der Waals surface area contributed by atoms with Crippen molar-refractivity contribution in [2.24, 2.45) is 0 Å². The quantitative estimate of drug-likeness (QED) is 0.587. The molecule has 1 aromatic carbocycles. The Morgan fingerprint density at radius 1 is 1.38 bits per heavy atom. The van der Waals surface area contributed by atoms with E-state index in [-0.39, 0.29) is 16.9 Å². The van der Waals surface area contributed by atoms with Gasteiger partial charge in [-0.3, -0.25) is 4.79 Å². The fourth-order valence-electron chi connectivity index (χ4n) is 1.61. The van der Waals surface area contributed by atoms with E-state index in [2.05, 4.69) is 0 Å². The number of aryl methyl sites for hydroxylation is 1. The molecule has 0 saturated carbocycles. The Kier molecular flexibility index (Phi) is 2.27. The molecule has 82 valence electrons. The summed E-state index contributed by atoms with van der Waals surface area (Å²) in [4.78, 5) is 22.6. The maximum absolute atomic E-state index is 11.4. The van der Waals surface area contributed by atoms with Crippen molar-refractivity contribution in [2.75, 3.05) is 0 Å². The largest absolute Gasteiger partial charge is 0.506 e. The number of hydrogen-bond donors (Lipinski definition) is 1. The summed E-state index contributed by atoms with van der Waals surface area (Å²) in [6, 6.07) is 5.02. The Morgan fingerprint density at radius 2 is 2.06 bits per heavy atom. The molecule has 0 aliphatic heterocycles. The Bertz CT molecular complexity index is 637. The van der Waals surface area contributed by atoms with Crippen molar-refractivity contribution < 1.29 is 14.3 Å². The lowest BCUT2D eigenvalue weighted by Gasteiger charge is -2.04. The van der Waals surface area contributed by atoms with Crippen LogP contribution in [0.3, 0.4) is 0 Å². The van der Waals surface area contributed by atoms with Gasteiger partial charge < -0.3 is 9.52 Å². The number of benzene rings is 1. The molecule has 0 unspecified atom stereocenters. The molecule has 1 heterocycles. The molecule has 0 bridgehead atoms. The summed E-state index contributed by atoms with van der Waals surface area (Å²) in [7, 11) is 0. The first kappa shape index (κ1) is 10.4. The summed E-state index contributed by atoms with van der Waals surface area (Å²) in [6.45, 7) is 3.06. The Labute approximate surface area is 91.1 Å². The van der Waals surface area contributed by atoms with Gasteiger partial charge in [-0.05, 0) is 26.0 Å². The zero-order valence-corrected chi connectivity index (χ0v) is 8.90. The highest BCUT2D eigenvalue weighted by atomic mass is 16.4. The highest BCUT2D eigenvalue weighted by Crippen LogP contribution is 2.27. The first-order chi connectivity index (χ1) is 7.50. The predicted octanol–water partition coefficient (Wildman–Crippen LogP) is 2.01. The monoisotopic (exact) mass is 218 g/mol. The number of carbonyl (C=O) groups is 1. The first-order valence-corrected chi connectivity index (χ1v) is 4.78. The number of Topliss-reactive ketones (excluding diaryl/α,β-unsaturated/α-hetero) is 1. The van der Waals surface area contributed by atoms with Crippen LogP contribution >= 0.6 is 0 Å². The Morgan fingerprint density at radius 3 is 2.69 bits per heavy atom. The molecule has 0 spiro atoms. The molecule has 0 atom stereocenters. The van der Waals surface area contributed by atoms with Crippen molar-refractivity contribution in [3.63, 3.8) is 0 Å². The predicted molar refractivity (Wildman–Crippen MR) is 58.9 cm³/mol. The van der Waals surface area contributed by atoms with Crippen LogP contribution in [0.25, 0.3) is 11.0 Å². The summed E-state index contributed by atoms with van der Waals surface area (Å²) < 4.78 is 4.95. The van der Waals surface area contributed by atoms with Crippen LogP contribution in [0.5, 0.6) is 5.75 Å². The van der Waals surface area contributed by atoms with E-state index >= 15 is 0 Å². The molecular formula is C12H10O4. The van der Waals surface area contributed by atoms with Crippen LogP contribution in [0, 0.1) is 6.92 Å². The molecule has 4 nitrogen and oxygen atoms in total. The number of rotatable bonds is 1. The standard InChI is InChI=1S/C12H10O4/c1-6-3-4-9-8(5-6)11(14)10(7(2)13)12(15)16-9/h3-5,14H,1-2H3. The number of fused-ring (bicyclic) bond motifs is 1. The van der Waals surface area contributed by atoms with Gasteiger partial charge in [-0.1, -0.05) is 11.6 Å². The van der Waals surface area contributed by atoms with E-state index in [4.69, 9.17) is 4.42 Å². The van der Waals surface area contributed by atoms with Crippen molar-refractivity contribution in [1.82, 2.24) is 0 Å². The number of hydrogen-bond acceptors (Lipinski definition) is 4. The number of carbonyl (C=O) groups excluding carboxylic acids is 1. The molecule has 0 fully saturated rings. The molecule has 4 heteroatoms. The molecule has 0 aliphatic rings. The van der Waals surface area contributed by atoms with Crippen LogP contribution < -0.4 is 5.63 Å². The Hall–Kier alpha value is -2.10. The average molecular weight is 218 g/mol. The van der Waals surface area contributed by atoms with Crippen molar-refractivity contribution in [1.29, 1.82) is 0 Å². The number of ketones is 1. The van der Waals surface area contributed by atoms with Crippen molar-refractivity contribution in [2.45, 2.75) is 13.8 Å². The Balaban J connectivity index is 2.96. The number of aromatic hydroxyl groups is 1. The minimum absolute atomic E-state index is 0.276. The van der Waals surface area contributed by atoms with Gasteiger partial charge in [-0.25, -0.2) is 4.79 Å². The smallest absolute Gasteiger partial charge is 0.351 e. The molecule has 0 aliphatic carbocycles. The summed E-state index contributed by atoms with van der Waals surface area (Å²) >= 11 is 0. The lowest BCUT2D eigenvalue weighted by atomic mass is 10.1. The molecule has 1 aromatic heterocycles. The molecule has 2 aromatic rings. The van der Waals surface area contributed by atoms with Gasteiger partial charge in [0.05, 0.1) is 5.39 Å². The van der Waals surface area contributed by atoms with Gasteiger partial charge in [0.2, 0.25) is 0 Å². The third-order valence-corrected chi connectivity index (χ3v) is 2.39. The zero-order chi connectivity index (χ0) is 11.9. The van der Waals surface area contributed by atoms with Gasteiger partial charge in [-0.2, -0.15) is 0 Å². The average Bonchev–Trinajstić information content (AvgIpc) is 2.19. The van der Waals surface area contributed by atoms with E-state index in [9.17, 15) is 14.7 Å². The van der Waals surface area contributed by atoms with Crippen LogP contribution in [0.1, 0.15) is 22.8 Å². The molecule has 0 radical (unpaired) electrons. The van der Waals surface area contributed by atoms with Gasteiger partial charge in [0.1, 0.15) is 16.9 Å².